The molecule has 178 valence electrons. The van der Waals surface area contributed by atoms with Gasteiger partial charge in [-0.1, -0.05) is 35.4 Å². The minimum atomic E-state index is -0.600. The van der Waals surface area contributed by atoms with Gasteiger partial charge in [0.25, 0.3) is 5.69 Å². The summed E-state index contributed by atoms with van der Waals surface area (Å²) in [4.78, 5) is 23.2. The second-order valence-corrected chi connectivity index (χ2v) is 8.66. The fourth-order valence-electron chi connectivity index (χ4n) is 4.04. The van der Waals surface area contributed by atoms with Crippen molar-refractivity contribution < 1.29 is 18.9 Å². The minimum Gasteiger partial charge on any atom is -0.496 e. The zero-order valence-corrected chi connectivity index (χ0v) is 20.4. The first kappa shape index (κ1) is 24.0. The van der Waals surface area contributed by atoms with E-state index in [1.54, 1.807) is 26.4 Å². The topological polar surface area (TPSA) is 94.6 Å². The number of nitrogens with one attached hydrogen (secondary N) is 1. The predicted molar refractivity (Wildman–Crippen MR) is 138 cm³/mol. The lowest BCUT2D eigenvalue weighted by molar-refractivity contribution is -0.384. The highest BCUT2D eigenvalue weighted by Gasteiger charge is 2.17. The average molecular weight is 491 g/mol. The third-order valence-electron chi connectivity index (χ3n) is 5.75. The van der Waals surface area contributed by atoms with E-state index in [1.165, 1.54) is 29.8 Å². The molecule has 0 fully saturated rings. The van der Waals surface area contributed by atoms with Crippen LogP contribution < -0.4 is 10.1 Å². The Hall–Kier alpha value is -4.10. The van der Waals surface area contributed by atoms with E-state index in [0.29, 0.717) is 16.9 Å². The SMILES string of the molecule is COc1cc2occ(-c3ccc(C)cc3C)c2cc1/C(C)=C/C(=O)Nc1ccc(Cl)c([N+](=O)[O-])c1. The summed E-state index contributed by atoms with van der Waals surface area (Å²) in [5.41, 5.74) is 6.36. The molecule has 0 spiro atoms. The van der Waals surface area contributed by atoms with Crippen molar-refractivity contribution >= 4 is 45.4 Å². The van der Waals surface area contributed by atoms with Crippen molar-refractivity contribution in [3.63, 3.8) is 0 Å². The molecule has 4 rings (SSSR count). The molecule has 8 heteroatoms. The molecular weight excluding hydrogens is 468 g/mol. The van der Waals surface area contributed by atoms with E-state index >= 15 is 0 Å². The summed E-state index contributed by atoms with van der Waals surface area (Å²) in [6, 6.07) is 14.1. The second-order valence-electron chi connectivity index (χ2n) is 8.26. The van der Waals surface area contributed by atoms with Crippen molar-refractivity contribution in [3.05, 3.63) is 92.7 Å². The van der Waals surface area contributed by atoms with Gasteiger partial charge in [0.2, 0.25) is 5.91 Å². The van der Waals surface area contributed by atoms with Crippen molar-refractivity contribution in [2.75, 3.05) is 12.4 Å². The number of ether oxygens (including phenoxy) is 1. The highest BCUT2D eigenvalue weighted by Crippen LogP contribution is 2.38. The maximum atomic E-state index is 12.7. The Morgan fingerprint density at radius 3 is 2.57 bits per heavy atom. The van der Waals surface area contributed by atoms with Gasteiger partial charge in [-0.05, 0) is 55.7 Å². The van der Waals surface area contributed by atoms with Gasteiger partial charge in [0, 0.05) is 40.4 Å². The van der Waals surface area contributed by atoms with Crippen LogP contribution in [0.4, 0.5) is 11.4 Å². The van der Waals surface area contributed by atoms with Gasteiger partial charge in [0.15, 0.2) is 0 Å². The molecule has 0 radical (unpaired) electrons. The molecule has 0 aliphatic heterocycles. The van der Waals surface area contributed by atoms with Crippen LogP contribution in [0, 0.1) is 24.0 Å². The van der Waals surface area contributed by atoms with E-state index in [0.717, 1.165) is 27.6 Å². The summed E-state index contributed by atoms with van der Waals surface area (Å²) < 4.78 is 11.4. The maximum absolute atomic E-state index is 12.7. The molecule has 0 unspecified atom stereocenters. The van der Waals surface area contributed by atoms with Gasteiger partial charge >= 0.3 is 0 Å². The molecule has 0 atom stereocenters. The highest BCUT2D eigenvalue weighted by molar-refractivity contribution is 6.32. The number of hydrogen-bond acceptors (Lipinski definition) is 5. The van der Waals surface area contributed by atoms with Gasteiger partial charge < -0.3 is 14.5 Å². The summed E-state index contributed by atoms with van der Waals surface area (Å²) >= 11 is 5.85. The molecule has 1 aromatic heterocycles. The summed E-state index contributed by atoms with van der Waals surface area (Å²) in [7, 11) is 1.55. The lowest BCUT2D eigenvalue weighted by atomic mass is 9.96. The fraction of sp³-hybridized carbons (Fsp3) is 0.148. The number of carbonyl (C=O) groups is 1. The van der Waals surface area contributed by atoms with Crippen molar-refractivity contribution in [2.45, 2.75) is 20.8 Å². The number of nitrogens with zero attached hydrogens (tertiary/aromatic N) is 1. The number of furan rings is 1. The molecule has 0 saturated heterocycles. The summed E-state index contributed by atoms with van der Waals surface area (Å²) in [5.74, 6) is 0.116. The average Bonchev–Trinajstić information content (AvgIpc) is 3.21. The van der Waals surface area contributed by atoms with Crippen molar-refractivity contribution in [2.24, 2.45) is 0 Å². The van der Waals surface area contributed by atoms with Crippen LogP contribution >= 0.6 is 11.6 Å². The molecular formula is C27H23ClN2O5. The number of nitro benzene ring substituents is 1. The van der Waals surface area contributed by atoms with E-state index in [2.05, 4.69) is 37.4 Å². The summed E-state index contributed by atoms with van der Waals surface area (Å²) in [6.07, 6.45) is 3.14. The van der Waals surface area contributed by atoms with Crippen LogP contribution in [-0.4, -0.2) is 17.9 Å². The van der Waals surface area contributed by atoms with E-state index in [1.807, 2.05) is 6.07 Å². The Morgan fingerprint density at radius 1 is 1.11 bits per heavy atom. The molecule has 0 bridgehead atoms. The van der Waals surface area contributed by atoms with Crippen molar-refractivity contribution in [3.8, 4) is 16.9 Å². The lowest BCUT2D eigenvalue weighted by Crippen LogP contribution is -2.09. The fourth-order valence-corrected chi connectivity index (χ4v) is 4.23. The number of hydrogen-bond donors (Lipinski definition) is 1. The third-order valence-corrected chi connectivity index (χ3v) is 6.07. The zero-order valence-electron chi connectivity index (χ0n) is 19.6. The molecule has 4 aromatic rings. The number of anilines is 1. The van der Waals surface area contributed by atoms with E-state index in [-0.39, 0.29) is 16.4 Å². The molecule has 0 aliphatic rings. The number of halogens is 1. The van der Waals surface area contributed by atoms with Crippen LogP contribution in [0.1, 0.15) is 23.6 Å². The normalized spacial score (nSPS) is 11.5. The lowest BCUT2D eigenvalue weighted by Gasteiger charge is -2.11. The Labute approximate surface area is 207 Å². The Kier molecular flexibility index (Phi) is 6.62. The van der Waals surface area contributed by atoms with Gasteiger partial charge in [-0.15, -0.1) is 0 Å². The molecule has 3 aromatic carbocycles. The second kappa shape index (κ2) is 9.64. The predicted octanol–water partition coefficient (Wildman–Crippen LogP) is 7.33. The highest BCUT2D eigenvalue weighted by atomic mass is 35.5. The van der Waals surface area contributed by atoms with Gasteiger partial charge in [-0.3, -0.25) is 14.9 Å². The monoisotopic (exact) mass is 490 g/mol. The summed E-state index contributed by atoms with van der Waals surface area (Å²) in [5, 5.41) is 14.7. The van der Waals surface area contributed by atoms with E-state index < -0.39 is 10.8 Å². The zero-order chi connectivity index (χ0) is 25.3. The molecule has 1 N–H and O–H groups in total. The van der Waals surface area contributed by atoms with Crippen LogP contribution in [0.25, 0.3) is 27.7 Å². The standard InChI is InChI=1S/C27H23ClN2O5/c1-15-5-7-19(16(2)9-15)22-14-35-26-13-25(34-4)20(12-21(22)26)17(3)10-27(31)29-18-6-8-23(28)24(11-18)30(32)33/h5-14H,1-4H3,(H,29,31)/b17-10+. The largest absolute Gasteiger partial charge is 0.496 e. The first-order valence-corrected chi connectivity index (χ1v) is 11.2. The Balaban J connectivity index is 1.70. The number of allylic oxidation sites excluding steroid dienone is 1. The smallest absolute Gasteiger partial charge is 0.289 e. The molecule has 1 amide bonds. The number of fused-ring (bicyclic) bond motifs is 1. The van der Waals surface area contributed by atoms with Crippen LogP contribution in [-0.2, 0) is 4.79 Å². The number of aryl methyl sites for hydroxylation is 2. The van der Waals surface area contributed by atoms with Gasteiger partial charge in [0.05, 0.1) is 18.3 Å². The number of nitro groups is 1. The van der Waals surface area contributed by atoms with E-state index in [9.17, 15) is 14.9 Å². The molecule has 7 nitrogen and oxygen atoms in total. The number of carbonyl (C=O) groups excluding carboxylic acids is 1. The quantitative estimate of drug-likeness (QED) is 0.173. The number of methoxy groups -OCH3 is 1. The minimum absolute atomic E-state index is 0.00232. The Morgan fingerprint density at radius 2 is 1.89 bits per heavy atom. The van der Waals surface area contributed by atoms with Gasteiger partial charge in [-0.2, -0.15) is 0 Å². The first-order chi connectivity index (χ1) is 16.7. The number of amides is 1. The third kappa shape index (κ3) is 4.90. The van der Waals surface area contributed by atoms with Crippen LogP contribution in [0.15, 0.2) is 65.3 Å². The van der Waals surface area contributed by atoms with Crippen LogP contribution in [0.3, 0.4) is 0 Å². The number of benzene rings is 3. The van der Waals surface area contributed by atoms with Gasteiger partial charge in [0.1, 0.15) is 16.4 Å². The van der Waals surface area contributed by atoms with E-state index in [4.69, 9.17) is 20.8 Å². The molecule has 35 heavy (non-hydrogen) atoms. The Bertz CT molecular complexity index is 1500. The molecule has 0 saturated carbocycles. The van der Waals surface area contributed by atoms with Crippen molar-refractivity contribution in [1.82, 2.24) is 0 Å². The summed E-state index contributed by atoms with van der Waals surface area (Å²) in [6.45, 7) is 5.90. The van der Waals surface area contributed by atoms with Gasteiger partial charge in [-0.25, -0.2) is 0 Å². The van der Waals surface area contributed by atoms with Crippen LogP contribution in [0.5, 0.6) is 5.75 Å². The number of rotatable bonds is 6. The van der Waals surface area contributed by atoms with Crippen LogP contribution in [0.2, 0.25) is 5.02 Å². The maximum Gasteiger partial charge on any atom is 0.289 e. The molecule has 0 aliphatic carbocycles. The first-order valence-electron chi connectivity index (χ1n) is 10.8. The van der Waals surface area contributed by atoms with Crippen molar-refractivity contribution in [1.29, 1.82) is 0 Å². The molecule has 1 heterocycles.